The molecule has 0 saturated heterocycles. The van der Waals surface area contributed by atoms with E-state index < -0.39 is 53.2 Å². The first-order chi connectivity index (χ1) is 14.1. The molecule has 13 heteroatoms. The van der Waals surface area contributed by atoms with Crippen LogP contribution in [-0.4, -0.2) is 15.3 Å². The van der Waals surface area contributed by atoms with Gasteiger partial charge in [-0.2, -0.15) is 39.5 Å². The summed E-state index contributed by atoms with van der Waals surface area (Å²) >= 11 is 0. The van der Waals surface area contributed by atoms with Crippen molar-refractivity contribution in [1.29, 1.82) is 0 Å². The number of hydrogen-bond donors (Lipinski definition) is 1. The number of alkyl halides is 9. The van der Waals surface area contributed by atoms with Crippen LogP contribution in [0.25, 0.3) is 5.65 Å². The third-order valence-electron chi connectivity index (χ3n) is 4.11. The van der Waals surface area contributed by atoms with Gasteiger partial charge in [-0.05, 0) is 30.3 Å². The highest BCUT2D eigenvalue weighted by Gasteiger charge is 2.37. The van der Waals surface area contributed by atoms with Gasteiger partial charge in [0.1, 0.15) is 5.65 Å². The number of nitrogens with zero attached hydrogens (tertiary/aromatic N) is 2. The van der Waals surface area contributed by atoms with Gasteiger partial charge in [0, 0.05) is 18.0 Å². The number of carbonyl (C=O) groups excluding carboxylic acids is 1. The molecule has 0 atom stereocenters. The second-order valence-electron chi connectivity index (χ2n) is 6.39. The number of nitrogens with one attached hydrogen (secondary N) is 1. The minimum absolute atomic E-state index is 0.0377. The Hall–Kier alpha value is -3.25. The van der Waals surface area contributed by atoms with Crippen LogP contribution in [0.5, 0.6) is 0 Å². The van der Waals surface area contributed by atoms with Crippen LogP contribution in [0.3, 0.4) is 0 Å². The predicted molar refractivity (Wildman–Crippen MR) is 87.8 cm³/mol. The lowest BCUT2D eigenvalue weighted by atomic mass is 10.0. The third kappa shape index (κ3) is 5.09. The average molecular weight is 455 g/mol. The Balaban J connectivity index is 1.83. The van der Waals surface area contributed by atoms with Crippen LogP contribution >= 0.6 is 0 Å². The Kier molecular flexibility index (Phi) is 5.40. The van der Waals surface area contributed by atoms with Gasteiger partial charge in [0.15, 0.2) is 0 Å². The summed E-state index contributed by atoms with van der Waals surface area (Å²) < 4.78 is 117. The molecule has 4 nitrogen and oxygen atoms in total. The topological polar surface area (TPSA) is 46.4 Å². The minimum Gasteiger partial charge on any atom is -0.346 e. The molecule has 0 aliphatic carbocycles. The number of aromatic nitrogens is 2. The van der Waals surface area contributed by atoms with E-state index in [1.54, 1.807) is 0 Å². The molecule has 1 aromatic carbocycles. The number of pyridine rings is 1. The van der Waals surface area contributed by atoms with Crippen molar-refractivity contribution >= 4 is 11.6 Å². The molecular formula is C18H10F9N3O. The number of carbonyl (C=O) groups is 1. The van der Waals surface area contributed by atoms with E-state index in [1.807, 2.05) is 0 Å². The Morgan fingerprint density at radius 3 is 1.87 bits per heavy atom. The smallest absolute Gasteiger partial charge is 0.346 e. The number of benzene rings is 1. The molecule has 0 fully saturated rings. The quantitative estimate of drug-likeness (QED) is 0.544. The summed E-state index contributed by atoms with van der Waals surface area (Å²) in [4.78, 5) is 16.1. The van der Waals surface area contributed by atoms with Crippen molar-refractivity contribution in [2.24, 2.45) is 0 Å². The molecule has 0 spiro atoms. The van der Waals surface area contributed by atoms with E-state index in [2.05, 4.69) is 10.3 Å². The van der Waals surface area contributed by atoms with Crippen LogP contribution in [0, 0.1) is 0 Å². The maximum atomic E-state index is 12.9. The lowest BCUT2D eigenvalue weighted by molar-refractivity contribution is -0.143. The van der Waals surface area contributed by atoms with Crippen molar-refractivity contribution in [3.05, 3.63) is 70.7 Å². The summed E-state index contributed by atoms with van der Waals surface area (Å²) in [5, 5.41) is 2.11. The summed E-state index contributed by atoms with van der Waals surface area (Å²) in [7, 11) is 0. The molecule has 0 bridgehead atoms. The molecule has 0 saturated carbocycles. The van der Waals surface area contributed by atoms with Crippen molar-refractivity contribution in [1.82, 2.24) is 14.7 Å². The molecular weight excluding hydrogens is 445 g/mol. The maximum Gasteiger partial charge on any atom is 0.417 e. The molecule has 2 heterocycles. The summed E-state index contributed by atoms with van der Waals surface area (Å²) in [6.45, 7) is -0.445. The van der Waals surface area contributed by atoms with Gasteiger partial charge in [0.2, 0.25) is 0 Å². The van der Waals surface area contributed by atoms with Crippen LogP contribution in [-0.2, 0) is 25.1 Å². The van der Waals surface area contributed by atoms with Crippen LogP contribution < -0.4 is 5.32 Å². The van der Waals surface area contributed by atoms with Crippen LogP contribution in [0.4, 0.5) is 39.5 Å². The van der Waals surface area contributed by atoms with Gasteiger partial charge < -0.3 is 9.72 Å². The van der Waals surface area contributed by atoms with E-state index in [-0.39, 0.29) is 29.5 Å². The molecule has 2 aromatic heterocycles. The second-order valence-corrected chi connectivity index (χ2v) is 6.39. The first-order valence-corrected chi connectivity index (χ1v) is 8.27. The Morgan fingerprint density at radius 1 is 0.806 bits per heavy atom. The van der Waals surface area contributed by atoms with Crippen molar-refractivity contribution in [2.75, 3.05) is 0 Å². The minimum atomic E-state index is -5.12. The summed E-state index contributed by atoms with van der Waals surface area (Å²) in [6.07, 6.45) is -13.0. The number of fused-ring (bicyclic) bond motifs is 1. The normalized spacial score (nSPS) is 12.9. The van der Waals surface area contributed by atoms with E-state index >= 15 is 0 Å². The van der Waals surface area contributed by atoms with Gasteiger partial charge >= 0.3 is 18.5 Å². The SMILES string of the molecule is O=C(NCc1cn2cc(C(F)(F)F)ccc2n1)c1cc(C(F)(F)F)cc(C(F)(F)F)c1. The van der Waals surface area contributed by atoms with Crippen LogP contribution in [0.1, 0.15) is 32.7 Å². The van der Waals surface area contributed by atoms with E-state index in [0.29, 0.717) is 0 Å². The molecule has 31 heavy (non-hydrogen) atoms. The number of amides is 1. The molecule has 0 unspecified atom stereocenters. The lowest BCUT2D eigenvalue weighted by Crippen LogP contribution is -2.24. The highest BCUT2D eigenvalue weighted by atomic mass is 19.4. The van der Waals surface area contributed by atoms with Crippen molar-refractivity contribution in [3.63, 3.8) is 0 Å². The number of rotatable bonds is 3. The average Bonchev–Trinajstić information content (AvgIpc) is 3.05. The van der Waals surface area contributed by atoms with Crippen molar-refractivity contribution in [3.8, 4) is 0 Å². The zero-order chi connectivity index (χ0) is 23.2. The van der Waals surface area contributed by atoms with Gasteiger partial charge in [0.05, 0.1) is 28.9 Å². The molecule has 0 aliphatic rings. The van der Waals surface area contributed by atoms with Crippen LogP contribution in [0.15, 0.2) is 42.7 Å². The summed E-state index contributed by atoms with van der Waals surface area (Å²) in [6, 6.07) is 2.27. The standard InChI is InChI=1S/C18H10F9N3O/c19-16(20,21)10-1-2-14-29-13(8-30(14)7-10)6-28-15(31)9-3-11(17(22,23)24)5-12(4-9)18(25,26)27/h1-5,7-8H,6H2,(H,28,31). The predicted octanol–water partition coefficient (Wildman–Crippen LogP) is 5.32. The first kappa shape index (κ1) is 22.4. The third-order valence-corrected chi connectivity index (χ3v) is 4.11. The molecule has 0 aliphatic heterocycles. The van der Waals surface area contributed by atoms with Gasteiger partial charge in [-0.25, -0.2) is 4.98 Å². The van der Waals surface area contributed by atoms with E-state index in [9.17, 15) is 44.3 Å². The van der Waals surface area contributed by atoms with Gasteiger partial charge in [-0.1, -0.05) is 0 Å². The Morgan fingerprint density at radius 2 is 1.35 bits per heavy atom. The Bertz CT molecular complexity index is 1090. The highest BCUT2D eigenvalue weighted by Crippen LogP contribution is 2.36. The first-order valence-electron chi connectivity index (χ1n) is 8.27. The largest absolute Gasteiger partial charge is 0.417 e. The number of halogens is 9. The molecule has 3 aromatic rings. The summed E-state index contributed by atoms with van der Waals surface area (Å²) in [5.74, 6) is -1.25. The lowest BCUT2D eigenvalue weighted by Gasteiger charge is -2.14. The fourth-order valence-corrected chi connectivity index (χ4v) is 2.66. The maximum absolute atomic E-state index is 12.9. The highest BCUT2D eigenvalue weighted by molar-refractivity contribution is 5.94. The molecule has 1 N–H and O–H groups in total. The van der Waals surface area contributed by atoms with Crippen molar-refractivity contribution < 1.29 is 44.3 Å². The monoisotopic (exact) mass is 455 g/mol. The fraction of sp³-hybridized carbons (Fsp3) is 0.222. The Labute approximate surface area is 167 Å². The van der Waals surface area contributed by atoms with Gasteiger partial charge in [-0.3, -0.25) is 4.79 Å². The van der Waals surface area contributed by atoms with E-state index in [1.165, 1.54) is 0 Å². The summed E-state index contributed by atoms with van der Waals surface area (Å²) in [5.41, 5.74) is -5.02. The second kappa shape index (κ2) is 7.46. The van der Waals surface area contributed by atoms with E-state index in [0.717, 1.165) is 28.9 Å². The molecule has 0 radical (unpaired) electrons. The van der Waals surface area contributed by atoms with Crippen LogP contribution in [0.2, 0.25) is 0 Å². The zero-order valence-corrected chi connectivity index (χ0v) is 15.0. The molecule has 3 rings (SSSR count). The van der Waals surface area contributed by atoms with Crippen molar-refractivity contribution in [2.45, 2.75) is 25.1 Å². The van der Waals surface area contributed by atoms with E-state index in [4.69, 9.17) is 0 Å². The molecule has 166 valence electrons. The number of hydrogen-bond acceptors (Lipinski definition) is 2. The molecule has 1 amide bonds. The number of imidazole rings is 1. The van der Waals surface area contributed by atoms with Gasteiger partial charge in [0.25, 0.3) is 5.91 Å². The zero-order valence-electron chi connectivity index (χ0n) is 15.0. The fourth-order valence-electron chi connectivity index (χ4n) is 2.66. The van der Waals surface area contributed by atoms with Gasteiger partial charge in [-0.15, -0.1) is 0 Å².